The highest BCUT2D eigenvalue weighted by Gasteiger charge is 2.33. The summed E-state index contributed by atoms with van der Waals surface area (Å²) in [6, 6.07) is 14.7. The first kappa shape index (κ1) is 13.2. The minimum atomic E-state index is -3.77. The van der Waals surface area contributed by atoms with E-state index in [-0.39, 0.29) is 6.73 Å². The van der Waals surface area contributed by atoms with Crippen molar-refractivity contribution in [3.05, 3.63) is 59.7 Å². The summed E-state index contributed by atoms with van der Waals surface area (Å²) in [5.41, 5.74) is 7.16. The zero-order valence-electron chi connectivity index (χ0n) is 10.7. The Kier molecular flexibility index (Phi) is 3.49. The molecule has 0 bridgehead atoms. The van der Waals surface area contributed by atoms with Gasteiger partial charge in [0.1, 0.15) is 18.2 Å². The van der Waals surface area contributed by atoms with Crippen molar-refractivity contribution in [1.82, 2.24) is 0 Å². The Morgan fingerprint density at radius 1 is 1.00 bits per heavy atom. The fraction of sp³-hybridized carbons (Fsp3) is 0.143. The standard InChI is InChI=1S/C14H14NO4P/c15-10-17-20(16)18-13-7-3-1-5-11(13)9-12-6-2-4-8-14(12)19-20/h1-8H,9-10,15H2. The summed E-state index contributed by atoms with van der Waals surface area (Å²) in [6.07, 6.45) is 0.634. The molecular formula is C14H14NO4P. The number of fused-ring (bicyclic) bond motifs is 2. The fourth-order valence-electron chi connectivity index (χ4n) is 2.09. The van der Waals surface area contributed by atoms with Crippen LogP contribution in [0.1, 0.15) is 11.1 Å². The molecule has 2 N–H and O–H groups in total. The van der Waals surface area contributed by atoms with Crippen molar-refractivity contribution >= 4 is 7.82 Å². The van der Waals surface area contributed by atoms with Crippen LogP contribution in [0.5, 0.6) is 11.5 Å². The number of phosphoric ester groups is 1. The molecule has 104 valence electrons. The van der Waals surface area contributed by atoms with Crippen molar-refractivity contribution in [1.29, 1.82) is 0 Å². The highest BCUT2D eigenvalue weighted by Crippen LogP contribution is 2.52. The molecular weight excluding hydrogens is 277 g/mol. The van der Waals surface area contributed by atoms with Gasteiger partial charge in [-0.1, -0.05) is 36.4 Å². The van der Waals surface area contributed by atoms with Gasteiger partial charge >= 0.3 is 7.82 Å². The predicted molar refractivity (Wildman–Crippen MR) is 74.7 cm³/mol. The number of benzene rings is 2. The Balaban J connectivity index is 2.12. The second-order valence-corrected chi connectivity index (χ2v) is 5.84. The number of para-hydroxylation sites is 2. The van der Waals surface area contributed by atoms with Crippen LogP contribution in [0.3, 0.4) is 0 Å². The van der Waals surface area contributed by atoms with Gasteiger partial charge in [0.25, 0.3) is 0 Å². The van der Waals surface area contributed by atoms with Gasteiger partial charge in [-0.2, -0.15) is 0 Å². The molecule has 0 radical (unpaired) electrons. The number of phosphoric acid groups is 1. The molecule has 3 rings (SSSR count). The Morgan fingerprint density at radius 3 is 2.00 bits per heavy atom. The van der Waals surface area contributed by atoms with E-state index < -0.39 is 7.82 Å². The molecule has 20 heavy (non-hydrogen) atoms. The van der Waals surface area contributed by atoms with Gasteiger partial charge in [-0.25, -0.2) is 4.57 Å². The number of hydrogen-bond donors (Lipinski definition) is 1. The largest absolute Gasteiger partial charge is 0.588 e. The lowest BCUT2D eigenvalue weighted by Crippen LogP contribution is -2.13. The first-order valence-electron chi connectivity index (χ1n) is 6.20. The number of nitrogens with two attached hydrogens (primary N) is 1. The molecule has 0 unspecified atom stereocenters. The van der Waals surface area contributed by atoms with Crippen LogP contribution in [0, 0.1) is 0 Å². The van der Waals surface area contributed by atoms with Crippen LogP contribution >= 0.6 is 7.82 Å². The van der Waals surface area contributed by atoms with E-state index in [0.717, 1.165) is 11.1 Å². The van der Waals surface area contributed by atoms with Crippen LogP contribution in [-0.4, -0.2) is 6.73 Å². The molecule has 6 heteroatoms. The van der Waals surface area contributed by atoms with Crippen LogP contribution in [0.2, 0.25) is 0 Å². The van der Waals surface area contributed by atoms with Crippen molar-refractivity contribution in [2.45, 2.75) is 6.42 Å². The average molecular weight is 291 g/mol. The van der Waals surface area contributed by atoms with Gasteiger partial charge in [0.15, 0.2) is 0 Å². The highest BCUT2D eigenvalue weighted by molar-refractivity contribution is 7.49. The zero-order valence-corrected chi connectivity index (χ0v) is 11.6. The first-order valence-corrected chi connectivity index (χ1v) is 7.66. The lowest BCUT2D eigenvalue weighted by Gasteiger charge is -2.23. The fourth-order valence-corrected chi connectivity index (χ4v) is 3.25. The van der Waals surface area contributed by atoms with Gasteiger partial charge in [0.2, 0.25) is 0 Å². The van der Waals surface area contributed by atoms with E-state index in [2.05, 4.69) is 0 Å². The zero-order chi connectivity index (χ0) is 14.0. The monoisotopic (exact) mass is 291 g/mol. The summed E-state index contributed by atoms with van der Waals surface area (Å²) < 4.78 is 28.5. The molecule has 5 nitrogen and oxygen atoms in total. The maximum Gasteiger partial charge on any atom is 0.588 e. The van der Waals surface area contributed by atoms with E-state index in [1.165, 1.54) is 0 Å². The summed E-state index contributed by atoms with van der Waals surface area (Å²) in [7, 11) is -3.77. The van der Waals surface area contributed by atoms with Crippen molar-refractivity contribution in [3.8, 4) is 11.5 Å². The molecule has 0 aromatic heterocycles. The minimum Gasteiger partial charge on any atom is -0.395 e. The molecule has 0 fully saturated rings. The normalized spacial score (nSPS) is 15.8. The van der Waals surface area contributed by atoms with Gasteiger partial charge in [0.05, 0.1) is 0 Å². The van der Waals surface area contributed by atoms with E-state index in [4.69, 9.17) is 19.3 Å². The molecule has 0 spiro atoms. The maximum atomic E-state index is 12.6. The van der Waals surface area contributed by atoms with Gasteiger partial charge in [0, 0.05) is 6.42 Å². The van der Waals surface area contributed by atoms with Gasteiger partial charge < -0.3 is 14.8 Å². The first-order chi connectivity index (χ1) is 9.70. The van der Waals surface area contributed by atoms with E-state index in [0.29, 0.717) is 17.9 Å². The van der Waals surface area contributed by atoms with Crippen molar-refractivity contribution < 1.29 is 18.1 Å². The topological polar surface area (TPSA) is 70.8 Å². The minimum absolute atomic E-state index is 0.248. The van der Waals surface area contributed by atoms with Crippen LogP contribution in [-0.2, 0) is 15.5 Å². The second-order valence-electron chi connectivity index (χ2n) is 4.32. The van der Waals surface area contributed by atoms with Crippen LogP contribution in [0.25, 0.3) is 0 Å². The average Bonchev–Trinajstić information content (AvgIpc) is 2.41. The molecule has 1 heterocycles. The van der Waals surface area contributed by atoms with Gasteiger partial charge in [-0.3, -0.25) is 4.52 Å². The van der Waals surface area contributed by atoms with Crippen molar-refractivity contribution in [2.75, 3.05) is 6.73 Å². The third kappa shape index (κ3) is 2.56. The van der Waals surface area contributed by atoms with Crippen LogP contribution in [0.15, 0.2) is 48.5 Å². The molecule has 0 amide bonds. The summed E-state index contributed by atoms with van der Waals surface area (Å²) in [6.45, 7) is -0.248. The lowest BCUT2D eigenvalue weighted by molar-refractivity contribution is 0.212. The molecule has 2 aromatic carbocycles. The summed E-state index contributed by atoms with van der Waals surface area (Å²) in [5.74, 6) is 0.970. The molecule has 0 aliphatic carbocycles. The Hall–Kier alpha value is -1.81. The van der Waals surface area contributed by atoms with Crippen LogP contribution in [0.4, 0.5) is 0 Å². The SMILES string of the molecule is NCOP1(=O)Oc2ccccc2Cc2ccccc2O1. The van der Waals surface area contributed by atoms with Gasteiger partial charge in [-0.05, 0) is 23.3 Å². The summed E-state index contributed by atoms with van der Waals surface area (Å²) in [5, 5.41) is 0. The molecule has 0 atom stereocenters. The van der Waals surface area contributed by atoms with Gasteiger partial charge in [-0.15, -0.1) is 0 Å². The van der Waals surface area contributed by atoms with E-state index >= 15 is 0 Å². The summed E-state index contributed by atoms with van der Waals surface area (Å²) in [4.78, 5) is 0. The molecule has 0 saturated carbocycles. The maximum absolute atomic E-state index is 12.6. The van der Waals surface area contributed by atoms with Crippen LogP contribution < -0.4 is 14.8 Å². The molecule has 1 aliphatic heterocycles. The van der Waals surface area contributed by atoms with E-state index in [1.807, 2.05) is 24.3 Å². The highest BCUT2D eigenvalue weighted by atomic mass is 31.2. The molecule has 0 saturated heterocycles. The van der Waals surface area contributed by atoms with Crippen molar-refractivity contribution in [2.24, 2.45) is 5.73 Å². The summed E-state index contributed by atoms with van der Waals surface area (Å²) >= 11 is 0. The second kappa shape index (κ2) is 5.29. The third-order valence-electron chi connectivity index (χ3n) is 2.98. The van der Waals surface area contributed by atoms with E-state index in [9.17, 15) is 4.57 Å². The third-order valence-corrected chi connectivity index (χ3v) is 4.28. The lowest BCUT2D eigenvalue weighted by atomic mass is 10.0. The van der Waals surface area contributed by atoms with E-state index in [1.54, 1.807) is 24.3 Å². The smallest absolute Gasteiger partial charge is 0.395 e. The number of hydrogen-bond acceptors (Lipinski definition) is 5. The quantitative estimate of drug-likeness (QED) is 0.680. The molecule has 1 aliphatic rings. The Bertz CT molecular complexity index is 622. The number of rotatable bonds is 2. The predicted octanol–water partition coefficient (Wildman–Crippen LogP) is 3.09. The molecule has 2 aromatic rings. The Labute approximate surface area is 116 Å². The Morgan fingerprint density at radius 2 is 1.50 bits per heavy atom. The van der Waals surface area contributed by atoms with Crippen molar-refractivity contribution in [3.63, 3.8) is 0 Å².